The van der Waals surface area contributed by atoms with Crippen molar-refractivity contribution in [3.05, 3.63) is 29.8 Å². The van der Waals surface area contributed by atoms with E-state index in [0.717, 1.165) is 0 Å². The Morgan fingerprint density at radius 1 is 1.25 bits per heavy atom. The molecule has 5 heteroatoms. The average molecular weight is 241 g/mol. The van der Waals surface area contributed by atoms with Crippen molar-refractivity contribution in [1.82, 2.24) is 0 Å². The minimum Gasteiger partial charge on any atom is 1.00 e. The molecule has 60 valence electrons. The second-order valence-electron chi connectivity index (χ2n) is 2.22. The molecule has 0 bridgehead atoms. The minimum atomic E-state index is -5.00. The molecule has 0 atom stereocenters. The van der Waals surface area contributed by atoms with Crippen molar-refractivity contribution >= 4 is 17.5 Å². The van der Waals surface area contributed by atoms with E-state index in [2.05, 4.69) is 0 Å². The number of benzene rings is 1. The van der Waals surface area contributed by atoms with Crippen molar-refractivity contribution in [3.63, 3.8) is 0 Å². The van der Waals surface area contributed by atoms with Crippen LogP contribution in [0.1, 0.15) is 5.56 Å². The summed E-state index contributed by atoms with van der Waals surface area (Å²) in [7, 11) is 0. The molecule has 0 radical (unpaired) electrons. The summed E-state index contributed by atoms with van der Waals surface area (Å²) >= 11 is -5.00. The molecule has 0 spiro atoms. The summed E-state index contributed by atoms with van der Waals surface area (Å²) in [5, 5.41) is 0. The van der Waals surface area contributed by atoms with Crippen molar-refractivity contribution in [2.45, 2.75) is 6.92 Å². The molecule has 0 unspecified atom stereocenters. The fourth-order valence-electron chi connectivity index (χ4n) is 0.837. The van der Waals surface area contributed by atoms with Crippen molar-refractivity contribution in [3.8, 4) is 0 Å². The maximum Gasteiger partial charge on any atom is 1.00 e. The van der Waals surface area contributed by atoms with E-state index in [1.807, 2.05) is 0 Å². The van der Waals surface area contributed by atoms with Crippen molar-refractivity contribution in [2.24, 2.45) is 0 Å². The van der Waals surface area contributed by atoms with Gasteiger partial charge in [-0.3, -0.25) is 0 Å². The molecule has 1 rings (SSSR count). The molecular formula is C7H7NaO3Se. The molecule has 1 aromatic rings. The van der Waals surface area contributed by atoms with Gasteiger partial charge >= 0.3 is 95.7 Å². The smallest absolute Gasteiger partial charge is 1.00 e. The number of hydrogen-bond acceptors (Lipinski definition) is 3. The van der Waals surface area contributed by atoms with Crippen LogP contribution in [0.3, 0.4) is 0 Å². The van der Waals surface area contributed by atoms with E-state index < -0.39 is 13.0 Å². The summed E-state index contributed by atoms with van der Waals surface area (Å²) in [5.74, 6) is 0. The van der Waals surface area contributed by atoms with E-state index in [0.29, 0.717) is 5.56 Å². The van der Waals surface area contributed by atoms with Gasteiger partial charge in [0.2, 0.25) is 0 Å². The Hall–Kier alpha value is 0.299. The first-order chi connectivity index (χ1) is 5.02. The van der Waals surface area contributed by atoms with E-state index in [1.165, 1.54) is 6.07 Å². The molecular weight excluding hydrogens is 234 g/mol. The Bertz CT molecular complexity index is 359. The zero-order chi connectivity index (χ0) is 8.48. The molecule has 0 aliphatic carbocycles. The van der Waals surface area contributed by atoms with Gasteiger partial charge in [-0.25, -0.2) is 0 Å². The fourth-order valence-corrected chi connectivity index (χ4v) is 2.32. The van der Waals surface area contributed by atoms with Gasteiger partial charge < -0.3 is 0 Å². The van der Waals surface area contributed by atoms with Gasteiger partial charge in [-0.15, -0.1) is 0 Å². The van der Waals surface area contributed by atoms with E-state index in [-0.39, 0.29) is 34.0 Å². The van der Waals surface area contributed by atoms with Gasteiger partial charge in [-0.05, 0) is 0 Å². The predicted octanol–water partition coefficient (Wildman–Crippen LogP) is -3.63. The first-order valence-corrected chi connectivity index (χ1v) is 5.99. The molecule has 12 heavy (non-hydrogen) atoms. The first kappa shape index (κ1) is 12.3. The Balaban J connectivity index is 0.00000121. The van der Waals surface area contributed by atoms with Crippen LogP contribution in [0, 0.1) is 6.92 Å². The summed E-state index contributed by atoms with van der Waals surface area (Å²) in [6, 6.07) is 6.18. The van der Waals surface area contributed by atoms with Crippen LogP contribution in [-0.2, 0) is 7.67 Å². The molecule has 0 N–H and O–H groups in total. The summed E-state index contributed by atoms with van der Waals surface area (Å²) in [5.41, 5.74) is 0.521. The van der Waals surface area contributed by atoms with E-state index in [4.69, 9.17) is 0 Å². The predicted molar refractivity (Wildman–Crippen MR) is 37.9 cm³/mol. The molecule has 0 fully saturated rings. The second kappa shape index (κ2) is 4.51. The Morgan fingerprint density at radius 3 is 2.08 bits per heavy atom. The van der Waals surface area contributed by atoms with Crippen LogP contribution in [0.5, 0.6) is 0 Å². The van der Waals surface area contributed by atoms with Crippen LogP contribution in [0.25, 0.3) is 0 Å². The van der Waals surface area contributed by atoms with Crippen LogP contribution >= 0.6 is 0 Å². The SMILES string of the molecule is Cc1ccccc1[Se](=O)(=O)[O-].[Na+]. The van der Waals surface area contributed by atoms with Gasteiger partial charge in [0.15, 0.2) is 0 Å². The van der Waals surface area contributed by atoms with Gasteiger partial charge in [0.1, 0.15) is 0 Å². The summed E-state index contributed by atoms with van der Waals surface area (Å²) < 4.78 is 31.6. The monoisotopic (exact) mass is 242 g/mol. The normalized spacial score (nSPS) is 10.5. The molecule has 0 aliphatic heterocycles. The molecule has 0 aromatic heterocycles. The second-order valence-corrected chi connectivity index (χ2v) is 5.05. The topological polar surface area (TPSA) is 57.2 Å². The number of aryl methyl sites for hydroxylation is 1. The van der Waals surface area contributed by atoms with E-state index in [9.17, 15) is 11.9 Å². The van der Waals surface area contributed by atoms with Crippen LogP contribution in [-0.4, -0.2) is 13.0 Å². The van der Waals surface area contributed by atoms with Crippen molar-refractivity contribution < 1.29 is 41.4 Å². The van der Waals surface area contributed by atoms with E-state index >= 15 is 0 Å². The molecule has 0 amide bonds. The maximum absolute atomic E-state index is 10.6. The van der Waals surface area contributed by atoms with Gasteiger partial charge in [0.05, 0.1) is 0 Å². The van der Waals surface area contributed by atoms with Gasteiger partial charge in [-0.1, -0.05) is 0 Å². The molecule has 3 nitrogen and oxygen atoms in total. The third-order valence-electron chi connectivity index (χ3n) is 1.36. The van der Waals surface area contributed by atoms with Crippen LogP contribution in [0.2, 0.25) is 0 Å². The minimum absolute atomic E-state index is 0. The van der Waals surface area contributed by atoms with Gasteiger partial charge in [-0.2, -0.15) is 0 Å². The first-order valence-electron chi connectivity index (χ1n) is 3.03. The molecule has 1 aromatic carbocycles. The summed E-state index contributed by atoms with van der Waals surface area (Å²) in [6.07, 6.45) is 0. The number of hydrogen-bond donors (Lipinski definition) is 0. The zero-order valence-corrected chi connectivity index (χ0v) is 10.7. The van der Waals surface area contributed by atoms with Crippen LogP contribution in [0.4, 0.5) is 0 Å². The third-order valence-corrected chi connectivity index (χ3v) is 3.45. The zero-order valence-electron chi connectivity index (χ0n) is 6.94. The Labute approximate surface area is 95.0 Å². The fraction of sp³-hybridized carbons (Fsp3) is 0.143. The average Bonchev–Trinajstić information content (AvgIpc) is 1.86. The van der Waals surface area contributed by atoms with Crippen molar-refractivity contribution in [2.75, 3.05) is 0 Å². The third kappa shape index (κ3) is 2.98. The van der Waals surface area contributed by atoms with Crippen LogP contribution in [0.15, 0.2) is 24.3 Å². The number of rotatable bonds is 1. The summed E-state index contributed by atoms with van der Waals surface area (Å²) in [6.45, 7) is 1.61. The Morgan fingerprint density at radius 2 is 1.75 bits per heavy atom. The van der Waals surface area contributed by atoms with Gasteiger partial charge in [0, 0.05) is 0 Å². The van der Waals surface area contributed by atoms with Gasteiger partial charge in [0.25, 0.3) is 0 Å². The maximum atomic E-state index is 10.6. The molecule has 0 saturated heterocycles. The molecule has 0 saturated carbocycles. The summed E-state index contributed by atoms with van der Waals surface area (Å²) in [4.78, 5) is 0. The Kier molecular flexibility index (Phi) is 4.62. The van der Waals surface area contributed by atoms with Crippen LogP contribution < -0.4 is 38.2 Å². The van der Waals surface area contributed by atoms with Crippen molar-refractivity contribution in [1.29, 1.82) is 0 Å². The standard InChI is InChI=1S/C7H8O3Se.Na/c1-6-4-2-3-5-7(6)11(8,9)10;/h2-5H,1H3,(H,8,9,10);/q;+1/p-1. The molecule has 0 aliphatic rings. The quantitative estimate of drug-likeness (QED) is 0.477. The molecule has 0 heterocycles. The largest absolute Gasteiger partial charge is 1.00 e. The van der Waals surface area contributed by atoms with E-state index in [1.54, 1.807) is 25.1 Å².